The summed E-state index contributed by atoms with van der Waals surface area (Å²) in [4.78, 5) is 12.3. The quantitative estimate of drug-likeness (QED) is 0.550. The van der Waals surface area contributed by atoms with Crippen LogP contribution < -0.4 is 14.9 Å². The number of rotatable bonds is 7. The van der Waals surface area contributed by atoms with Crippen LogP contribution in [0.4, 0.5) is 0 Å². The highest BCUT2D eigenvalue weighted by atomic mass is 79.9. The molecule has 0 radical (unpaired) electrons. The Morgan fingerprint density at radius 2 is 2.04 bits per heavy atom. The molecule has 0 saturated carbocycles. The van der Waals surface area contributed by atoms with Gasteiger partial charge < -0.3 is 9.47 Å². The second kappa shape index (κ2) is 9.22. The number of halogens is 1. The molecule has 1 atom stereocenters. The lowest BCUT2D eigenvalue weighted by molar-refractivity contribution is 0.0954. The number of hydrogen-bond acceptors (Lipinski definition) is 4. The molecule has 0 saturated heterocycles. The number of nitrogens with one attached hydrogen (secondary N) is 1. The fourth-order valence-corrected chi connectivity index (χ4v) is 2.81. The molecule has 25 heavy (non-hydrogen) atoms. The van der Waals surface area contributed by atoms with Crippen LogP contribution in [0.1, 0.15) is 35.7 Å². The van der Waals surface area contributed by atoms with Crippen LogP contribution in [0.25, 0.3) is 0 Å². The third-order valence-electron chi connectivity index (χ3n) is 3.57. The predicted octanol–water partition coefficient (Wildman–Crippen LogP) is 4.38. The molecule has 0 bridgehead atoms. The highest BCUT2D eigenvalue weighted by Gasteiger charge is 2.15. The van der Waals surface area contributed by atoms with Gasteiger partial charge in [0.2, 0.25) is 0 Å². The van der Waals surface area contributed by atoms with Gasteiger partial charge in [-0.3, -0.25) is 4.79 Å². The molecule has 0 aromatic heterocycles. The minimum absolute atomic E-state index is 0.100. The van der Waals surface area contributed by atoms with Gasteiger partial charge in [-0.2, -0.15) is 5.10 Å². The normalized spacial score (nSPS) is 12.0. The summed E-state index contributed by atoms with van der Waals surface area (Å²) >= 11 is 3.41. The number of methoxy groups -OCH3 is 1. The molecule has 0 spiro atoms. The van der Waals surface area contributed by atoms with Crippen molar-refractivity contribution in [1.29, 1.82) is 0 Å². The van der Waals surface area contributed by atoms with Gasteiger partial charge in [-0.05, 0) is 40.5 Å². The number of ether oxygens (including phenoxy) is 2. The lowest BCUT2D eigenvalue weighted by atomic mass is 10.0. The van der Waals surface area contributed by atoms with Crippen molar-refractivity contribution < 1.29 is 14.3 Å². The zero-order valence-corrected chi connectivity index (χ0v) is 16.0. The van der Waals surface area contributed by atoms with E-state index in [2.05, 4.69) is 26.5 Å². The van der Waals surface area contributed by atoms with Crippen LogP contribution >= 0.6 is 15.9 Å². The molecule has 0 fully saturated rings. The van der Waals surface area contributed by atoms with E-state index in [9.17, 15) is 4.79 Å². The monoisotopic (exact) mass is 404 g/mol. The molecule has 1 N–H and O–H groups in total. The number of hydrogen-bond donors (Lipinski definition) is 1. The average Bonchev–Trinajstić information content (AvgIpc) is 2.63. The fraction of sp³-hybridized carbons (Fsp3) is 0.263. The molecule has 0 unspecified atom stereocenters. The van der Waals surface area contributed by atoms with Gasteiger partial charge in [0.15, 0.2) is 11.5 Å². The first-order chi connectivity index (χ1) is 12.1. The molecule has 0 aliphatic rings. The van der Waals surface area contributed by atoms with E-state index in [1.54, 1.807) is 18.3 Å². The van der Waals surface area contributed by atoms with Crippen LogP contribution in [0.2, 0.25) is 0 Å². The summed E-state index contributed by atoms with van der Waals surface area (Å²) in [6.07, 6.45) is 1.70. The fourth-order valence-electron chi connectivity index (χ4n) is 2.25. The second-order valence-electron chi connectivity index (χ2n) is 5.34. The summed E-state index contributed by atoms with van der Waals surface area (Å²) in [6.45, 7) is 4.40. The topological polar surface area (TPSA) is 59.9 Å². The van der Waals surface area contributed by atoms with Crippen molar-refractivity contribution >= 4 is 28.1 Å². The summed E-state index contributed by atoms with van der Waals surface area (Å²) in [7, 11) is 1.53. The molecule has 6 heteroatoms. The Kier molecular flexibility index (Phi) is 7.01. The van der Waals surface area contributed by atoms with Gasteiger partial charge in [-0.25, -0.2) is 5.43 Å². The molecule has 2 rings (SSSR count). The number of carbonyl (C=O) groups excluding carboxylic acids is 1. The van der Waals surface area contributed by atoms with Crippen LogP contribution in [0.5, 0.6) is 11.5 Å². The van der Waals surface area contributed by atoms with Gasteiger partial charge in [-0.1, -0.05) is 37.3 Å². The Morgan fingerprint density at radius 3 is 2.68 bits per heavy atom. The molecular weight excluding hydrogens is 384 g/mol. The third-order valence-corrected chi connectivity index (χ3v) is 4.16. The number of benzene rings is 2. The van der Waals surface area contributed by atoms with Crippen molar-refractivity contribution in [2.45, 2.75) is 19.8 Å². The van der Waals surface area contributed by atoms with Gasteiger partial charge in [0.05, 0.1) is 18.2 Å². The summed E-state index contributed by atoms with van der Waals surface area (Å²) in [5, 5.41) is 4.06. The van der Waals surface area contributed by atoms with Crippen LogP contribution in [0, 0.1) is 0 Å². The van der Waals surface area contributed by atoms with Crippen molar-refractivity contribution in [3.05, 3.63) is 58.1 Å². The van der Waals surface area contributed by atoms with Crippen LogP contribution in [-0.2, 0) is 0 Å². The van der Waals surface area contributed by atoms with E-state index in [-0.39, 0.29) is 11.8 Å². The minimum Gasteiger partial charge on any atom is -0.493 e. The van der Waals surface area contributed by atoms with Gasteiger partial charge in [0, 0.05) is 17.7 Å². The Bertz CT molecular complexity index is 748. The standard InChI is InChI=1S/C19H21BrN2O3/c1-4-25-18-16(20)10-15(11-17(18)24-3)19(23)22-21-12-13(2)14-8-6-5-7-9-14/h5-13H,4H2,1-3H3,(H,22,23)/b21-12-/t13-/m0/s1. The first-order valence-electron chi connectivity index (χ1n) is 7.95. The summed E-state index contributed by atoms with van der Waals surface area (Å²) in [5.74, 6) is 0.840. The Morgan fingerprint density at radius 1 is 1.32 bits per heavy atom. The maximum atomic E-state index is 12.3. The molecule has 0 heterocycles. The maximum Gasteiger partial charge on any atom is 0.271 e. The number of carbonyl (C=O) groups is 1. The second-order valence-corrected chi connectivity index (χ2v) is 6.20. The van der Waals surface area contributed by atoms with E-state index in [4.69, 9.17) is 9.47 Å². The van der Waals surface area contributed by atoms with Crippen molar-refractivity contribution in [2.24, 2.45) is 5.10 Å². The highest BCUT2D eigenvalue weighted by Crippen LogP contribution is 2.36. The van der Waals surface area contributed by atoms with Gasteiger partial charge in [0.25, 0.3) is 5.91 Å². The van der Waals surface area contributed by atoms with E-state index in [0.717, 1.165) is 5.56 Å². The number of amides is 1. The first kappa shape index (κ1) is 19.0. The lowest BCUT2D eigenvalue weighted by Crippen LogP contribution is -2.18. The number of hydrazone groups is 1. The number of nitrogens with zero attached hydrogens (tertiary/aromatic N) is 1. The molecule has 132 valence electrons. The lowest BCUT2D eigenvalue weighted by Gasteiger charge is -2.12. The van der Waals surface area contributed by atoms with E-state index in [1.165, 1.54) is 7.11 Å². The zero-order valence-electron chi connectivity index (χ0n) is 14.5. The zero-order chi connectivity index (χ0) is 18.2. The molecule has 0 aliphatic carbocycles. The summed E-state index contributed by atoms with van der Waals surface area (Å²) in [6, 6.07) is 13.3. The van der Waals surface area contributed by atoms with Crippen molar-refractivity contribution in [3.63, 3.8) is 0 Å². The van der Waals surface area contributed by atoms with E-state index in [1.807, 2.05) is 44.2 Å². The van der Waals surface area contributed by atoms with E-state index >= 15 is 0 Å². The Hall–Kier alpha value is -2.34. The van der Waals surface area contributed by atoms with Crippen molar-refractivity contribution in [1.82, 2.24) is 5.43 Å². The molecule has 1 amide bonds. The minimum atomic E-state index is -0.321. The molecule has 2 aromatic rings. The van der Waals surface area contributed by atoms with Gasteiger partial charge in [0.1, 0.15) is 0 Å². The van der Waals surface area contributed by atoms with Gasteiger partial charge in [-0.15, -0.1) is 0 Å². The molecule has 2 aromatic carbocycles. The Balaban J connectivity index is 2.08. The van der Waals surface area contributed by atoms with Crippen molar-refractivity contribution in [3.8, 4) is 11.5 Å². The van der Waals surface area contributed by atoms with Crippen LogP contribution in [0.3, 0.4) is 0 Å². The van der Waals surface area contributed by atoms with E-state index in [0.29, 0.717) is 28.1 Å². The average molecular weight is 405 g/mol. The molecule has 0 aliphatic heterocycles. The summed E-state index contributed by atoms with van der Waals surface area (Å²) < 4.78 is 11.5. The smallest absolute Gasteiger partial charge is 0.271 e. The summed E-state index contributed by atoms with van der Waals surface area (Å²) in [5.41, 5.74) is 4.10. The SMILES string of the molecule is CCOc1c(Br)cc(C(=O)N/N=C\[C@H](C)c2ccccc2)cc1OC. The predicted molar refractivity (Wildman–Crippen MR) is 103 cm³/mol. The first-order valence-corrected chi connectivity index (χ1v) is 8.74. The maximum absolute atomic E-state index is 12.3. The Labute approximate surface area is 156 Å². The van der Waals surface area contributed by atoms with Crippen LogP contribution in [0.15, 0.2) is 52.0 Å². The van der Waals surface area contributed by atoms with E-state index < -0.39 is 0 Å². The molecule has 5 nitrogen and oxygen atoms in total. The third kappa shape index (κ3) is 5.06. The van der Waals surface area contributed by atoms with Gasteiger partial charge >= 0.3 is 0 Å². The van der Waals surface area contributed by atoms with Crippen LogP contribution in [-0.4, -0.2) is 25.8 Å². The molecular formula is C19H21BrN2O3. The van der Waals surface area contributed by atoms with Crippen molar-refractivity contribution in [2.75, 3.05) is 13.7 Å². The largest absolute Gasteiger partial charge is 0.493 e. The highest BCUT2D eigenvalue weighted by molar-refractivity contribution is 9.10.